The Balaban J connectivity index is 3.80. The third-order valence-corrected chi connectivity index (χ3v) is 2.33. The van der Waals surface area contributed by atoms with Crippen molar-refractivity contribution < 1.29 is 13.2 Å². The number of hydrogen-bond acceptors (Lipinski definition) is 2. The second-order valence-corrected chi connectivity index (χ2v) is 3.82. The van der Waals surface area contributed by atoms with Gasteiger partial charge in [-0.1, -0.05) is 20.3 Å². The van der Waals surface area contributed by atoms with Crippen molar-refractivity contribution in [3.63, 3.8) is 0 Å². The van der Waals surface area contributed by atoms with E-state index in [-0.39, 0.29) is 6.04 Å². The fourth-order valence-corrected chi connectivity index (χ4v) is 1.47. The van der Waals surface area contributed by atoms with Crippen LogP contribution in [0.25, 0.3) is 0 Å². The van der Waals surface area contributed by atoms with E-state index in [1.807, 2.05) is 6.92 Å². The van der Waals surface area contributed by atoms with Crippen LogP contribution in [0.15, 0.2) is 0 Å². The SMILES string of the molecule is CCCC(N)CCN(CC)CC(F)(F)F. The predicted molar refractivity (Wildman–Crippen MR) is 55.7 cm³/mol. The fraction of sp³-hybridized carbons (Fsp3) is 1.00. The second-order valence-electron chi connectivity index (χ2n) is 3.82. The molecule has 0 aromatic heterocycles. The summed E-state index contributed by atoms with van der Waals surface area (Å²) in [6.45, 7) is 3.77. The first kappa shape index (κ1) is 14.7. The Hall–Kier alpha value is -0.290. The summed E-state index contributed by atoms with van der Waals surface area (Å²) in [6.07, 6.45) is -1.61. The molecule has 0 bridgehead atoms. The number of hydrogen-bond donors (Lipinski definition) is 1. The summed E-state index contributed by atoms with van der Waals surface area (Å²) in [5.74, 6) is 0. The molecule has 92 valence electrons. The normalized spacial score (nSPS) is 14.6. The molecule has 1 unspecified atom stereocenters. The highest BCUT2D eigenvalue weighted by molar-refractivity contribution is 4.67. The monoisotopic (exact) mass is 226 g/mol. The first-order valence-corrected chi connectivity index (χ1v) is 5.43. The van der Waals surface area contributed by atoms with Crippen molar-refractivity contribution in [2.75, 3.05) is 19.6 Å². The van der Waals surface area contributed by atoms with E-state index in [1.54, 1.807) is 6.92 Å². The Morgan fingerprint density at radius 3 is 2.20 bits per heavy atom. The molecule has 1 atom stereocenters. The highest BCUT2D eigenvalue weighted by Gasteiger charge is 2.29. The van der Waals surface area contributed by atoms with Gasteiger partial charge in [0, 0.05) is 6.04 Å². The molecule has 2 N–H and O–H groups in total. The van der Waals surface area contributed by atoms with E-state index in [1.165, 1.54) is 4.90 Å². The highest BCUT2D eigenvalue weighted by atomic mass is 19.4. The average Bonchev–Trinajstić information content (AvgIpc) is 2.11. The molecule has 0 aromatic rings. The minimum absolute atomic E-state index is 0.0253. The molecule has 2 nitrogen and oxygen atoms in total. The van der Waals surface area contributed by atoms with Crippen LogP contribution in [0, 0.1) is 0 Å². The van der Waals surface area contributed by atoms with E-state index in [9.17, 15) is 13.2 Å². The number of rotatable bonds is 7. The van der Waals surface area contributed by atoms with Crippen LogP contribution in [0.4, 0.5) is 13.2 Å². The summed E-state index contributed by atoms with van der Waals surface area (Å²) in [7, 11) is 0. The largest absolute Gasteiger partial charge is 0.401 e. The summed E-state index contributed by atoms with van der Waals surface area (Å²) in [5.41, 5.74) is 5.74. The molecule has 0 heterocycles. The molecule has 0 saturated heterocycles. The maximum absolute atomic E-state index is 12.1. The van der Waals surface area contributed by atoms with E-state index < -0.39 is 12.7 Å². The van der Waals surface area contributed by atoms with E-state index in [0.717, 1.165) is 12.8 Å². The van der Waals surface area contributed by atoms with Crippen LogP contribution >= 0.6 is 0 Å². The topological polar surface area (TPSA) is 29.3 Å². The highest BCUT2D eigenvalue weighted by Crippen LogP contribution is 2.16. The third-order valence-electron chi connectivity index (χ3n) is 2.33. The lowest BCUT2D eigenvalue weighted by molar-refractivity contribution is -0.145. The Kier molecular flexibility index (Phi) is 6.92. The Morgan fingerprint density at radius 1 is 1.20 bits per heavy atom. The van der Waals surface area contributed by atoms with Gasteiger partial charge in [0.25, 0.3) is 0 Å². The molecule has 0 aliphatic rings. The van der Waals surface area contributed by atoms with Gasteiger partial charge in [-0.25, -0.2) is 0 Å². The van der Waals surface area contributed by atoms with Crippen LogP contribution in [0.5, 0.6) is 0 Å². The van der Waals surface area contributed by atoms with Gasteiger partial charge in [-0.3, -0.25) is 4.90 Å². The molecular formula is C10H21F3N2. The van der Waals surface area contributed by atoms with E-state index in [2.05, 4.69) is 0 Å². The molecule has 15 heavy (non-hydrogen) atoms. The number of nitrogens with zero attached hydrogens (tertiary/aromatic N) is 1. The lowest BCUT2D eigenvalue weighted by Gasteiger charge is -2.23. The zero-order valence-corrected chi connectivity index (χ0v) is 9.48. The smallest absolute Gasteiger partial charge is 0.328 e. The van der Waals surface area contributed by atoms with Crippen molar-refractivity contribution in [1.29, 1.82) is 0 Å². The number of nitrogens with two attached hydrogens (primary N) is 1. The van der Waals surface area contributed by atoms with Crippen molar-refractivity contribution in [2.45, 2.75) is 45.3 Å². The molecule has 0 amide bonds. The lowest BCUT2D eigenvalue weighted by atomic mass is 10.1. The van der Waals surface area contributed by atoms with Gasteiger partial charge < -0.3 is 5.73 Å². The van der Waals surface area contributed by atoms with Gasteiger partial charge in [0.2, 0.25) is 0 Å². The summed E-state index contributed by atoms with van der Waals surface area (Å²) in [5, 5.41) is 0. The Morgan fingerprint density at radius 2 is 1.80 bits per heavy atom. The molecule has 0 aliphatic carbocycles. The summed E-state index contributed by atoms with van der Waals surface area (Å²) in [6, 6.07) is 0.0253. The molecular weight excluding hydrogens is 205 g/mol. The van der Waals surface area contributed by atoms with Crippen LogP contribution in [0.2, 0.25) is 0 Å². The maximum Gasteiger partial charge on any atom is 0.401 e. The lowest BCUT2D eigenvalue weighted by Crippen LogP contribution is -2.37. The van der Waals surface area contributed by atoms with Gasteiger partial charge in [0.05, 0.1) is 6.54 Å². The van der Waals surface area contributed by atoms with Crippen LogP contribution in [-0.4, -0.2) is 36.8 Å². The number of halogens is 3. The third kappa shape index (κ3) is 8.69. The minimum Gasteiger partial charge on any atom is -0.328 e. The summed E-state index contributed by atoms with van der Waals surface area (Å²) in [4.78, 5) is 1.38. The van der Waals surface area contributed by atoms with Crippen molar-refractivity contribution in [1.82, 2.24) is 4.90 Å². The van der Waals surface area contributed by atoms with Crippen LogP contribution in [0.3, 0.4) is 0 Å². The molecule has 0 aliphatic heterocycles. The zero-order valence-electron chi connectivity index (χ0n) is 9.48. The molecule has 0 aromatic carbocycles. The van der Waals surface area contributed by atoms with Crippen molar-refractivity contribution in [3.8, 4) is 0 Å². The van der Waals surface area contributed by atoms with Crippen molar-refractivity contribution in [3.05, 3.63) is 0 Å². The van der Waals surface area contributed by atoms with Gasteiger partial charge in [0.15, 0.2) is 0 Å². The minimum atomic E-state index is -4.11. The first-order chi connectivity index (χ1) is 6.89. The molecule has 0 rings (SSSR count). The van der Waals surface area contributed by atoms with Crippen LogP contribution < -0.4 is 5.73 Å². The van der Waals surface area contributed by atoms with Gasteiger partial charge in [-0.2, -0.15) is 13.2 Å². The number of alkyl halides is 3. The van der Waals surface area contributed by atoms with E-state index >= 15 is 0 Å². The quantitative estimate of drug-likeness (QED) is 0.722. The molecule has 0 spiro atoms. The predicted octanol–water partition coefficient (Wildman–Crippen LogP) is 2.39. The van der Waals surface area contributed by atoms with Crippen LogP contribution in [-0.2, 0) is 0 Å². The molecule has 0 radical (unpaired) electrons. The fourth-order valence-electron chi connectivity index (χ4n) is 1.47. The Labute approximate surface area is 89.6 Å². The van der Waals surface area contributed by atoms with E-state index in [0.29, 0.717) is 19.5 Å². The molecule has 0 saturated carbocycles. The second kappa shape index (κ2) is 7.06. The van der Waals surface area contributed by atoms with Gasteiger partial charge in [0.1, 0.15) is 0 Å². The first-order valence-electron chi connectivity index (χ1n) is 5.43. The average molecular weight is 226 g/mol. The Bertz CT molecular complexity index is 159. The van der Waals surface area contributed by atoms with Gasteiger partial charge in [-0.15, -0.1) is 0 Å². The van der Waals surface area contributed by atoms with Crippen LogP contribution in [0.1, 0.15) is 33.1 Å². The maximum atomic E-state index is 12.1. The standard InChI is InChI=1S/C10H21F3N2/c1-3-5-9(14)6-7-15(4-2)8-10(11,12)13/h9H,3-8,14H2,1-2H3. The van der Waals surface area contributed by atoms with Crippen molar-refractivity contribution in [2.24, 2.45) is 5.73 Å². The van der Waals surface area contributed by atoms with E-state index in [4.69, 9.17) is 5.73 Å². The zero-order chi connectivity index (χ0) is 11.9. The van der Waals surface area contributed by atoms with Crippen molar-refractivity contribution >= 4 is 0 Å². The molecule has 5 heteroatoms. The van der Waals surface area contributed by atoms with Gasteiger partial charge in [-0.05, 0) is 25.9 Å². The van der Waals surface area contributed by atoms with Gasteiger partial charge >= 0.3 is 6.18 Å². The summed E-state index contributed by atoms with van der Waals surface area (Å²) >= 11 is 0. The summed E-state index contributed by atoms with van der Waals surface area (Å²) < 4.78 is 36.3. The molecule has 0 fully saturated rings.